The van der Waals surface area contributed by atoms with E-state index in [0.29, 0.717) is 11.6 Å². The van der Waals surface area contributed by atoms with Gasteiger partial charge in [0.1, 0.15) is 0 Å². The first-order valence-electron chi connectivity index (χ1n) is 6.43. The molecule has 5 heteroatoms. The standard InChI is InChI=1S/C14H20N2O3/c1-4-6-11(2)15(3)10-14(17)12-7-5-8-13(9-12)16(18)19/h5,7-9,11H,4,6,10H2,1-3H3. The number of rotatable bonds is 7. The number of nitrogens with zero attached hydrogens (tertiary/aromatic N) is 2. The lowest BCUT2D eigenvalue weighted by atomic mass is 10.1. The van der Waals surface area contributed by atoms with E-state index in [2.05, 4.69) is 13.8 Å². The summed E-state index contributed by atoms with van der Waals surface area (Å²) in [5.41, 5.74) is 0.347. The van der Waals surface area contributed by atoms with E-state index in [0.717, 1.165) is 12.8 Å². The molecule has 0 aliphatic carbocycles. The number of carbonyl (C=O) groups excluding carboxylic acids is 1. The van der Waals surface area contributed by atoms with E-state index in [4.69, 9.17) is 0 Å². The van der Waals surface area contributed by atoms with Crippen molar-refractivity contribution in [2.24, 2.45) is 0 Å². The van der Waals surface area contributed by atoms with E-state index < -0.39 is 4.92 Å². The van der Waals surface area contributed by atoms with Gasteiger partial charge in [-0.3, -0.25) is 19.8 Å². The van der Waals surface area contributed by atoms with Crippen molar-refractivity contribution < 1.29 is 9.72 Å². The lowest BCUT2D eigenvalue weighted by molar-refractivity contribution is -0.384. The Morgan fingerprint density at radius 1 is 1.47 bits per heavy atom. The molecule has 0 bridgehead atoms. The Hall–Kier alpha value is -1.75. The summed E-state index contributed by atoms with van der Waals surface area (Å²) in [6.07, 6.45) is 2.09. The van der Waals surface area contributed by atoms with Crippen molar-refractivity contribution in [1.82, 2.24) is 4.90 Å². The second-order valence-electron chi connectivity index (χ2n) is 4.78. The van der Waals surface area contributed by atoms with Crippen LogP contribution in [0.3, 0.4) is 0 Å². The fourth-order valence-corrected chi connectivity index (χ4v) is 1.90. The number of hydrogen-bond acceptors (Lipinski definition) is 4. The van der Waals surface area contributed by atoms with Gasteiger partial charge in [0.15, 0.2) is 5.78 Å². The molecule has 0 aromatic heterocycles. The van der Waals surface area contributed by atoms with Crippen LogP contribution in [0.4, 0.5) is 5.69 Å². The number of Topliss-reactive ketones (excluding diaryl/α,β-unsaturated/α-hetero) is 1. The highest BCUT2D eigenvalue weighted by Crippen LogP contribution is 2.14. The minimum atomic E-state index is -0.486. The van der Waals surface area contributed by atoms with Crippen LogP contribution in [-0.4, -0.2) is 35.2 Å². The minimum Gasteiger partial charge on any atom is -0.296 e. The summed E-state index contributed by atoms with van der Waals surface area (Å²) in [6.45, 7) is 4.46. The number of benzene rings is 1. The normalized spacial score (nSPS) is 12.4. The monoisotopic (exact) mass is 264 g/mol. The zero-order chi connectivity index (χ0) is 14.4. The predicted octanol–water partition coefficient (Wildman–Crippen LogP) is 2.90. The summed E-state index contributed by atoms with van der Waals surface area (Å²) < 4.78 is 0. The molecule has 1 aromatic carbocycles. The molecule has 0 saturated heterocycles. The molecule has 104 valence electrons. The van der Waals surface area contributed by atoms with Gasteiger partial charge in [-0.25, -0.2) is 0 Å². The van der Waals surface area contributed by atoms with Gasteiger partial charge in [-0.1, -0.05) is 25.5 Å². The minimum absolute atomic E-state index is 0.0462. The van der Waals surface area contributed by atoms with Gasteiger partial charge in [0, 0.05) is 23.7 Å². The molecule has 1 rings (SSSR count). The number of non-ortho nitro benzene ring substituents is 1. The average molecular weight is 264 g/mol. The number of nitro benzene ring substituents is 1. The molecule has 0 fully saturated rings. The van der Waals surface area contributed by atoms with Crippen molar-refractivity contribution in [3.63, 3.8) is 0 Å². The highest BCUT2D eigenvalue weighted by Gasteiger charge is 2.16. The van der Waals surface area contributed by atoms with Crippen LogP contribution in [0.2, 0.25) is 0 Å². The molecule has 0 aliphatic heterocycles. The van der Waals surface area contributed by atoms with Gasteiger partial charge in [0.2, 0.25) is 0 Å². The summed E-state index contributed by atoms with van der Waals surface area (Å²) >= 11 is 0. The molecule has 1 unspecified atom stereocenters. The smallest absolute Gasteiger partial charge is 0.270 e. The van der Waals surface area contributed by atoms with Crippen LogP contribution in [0.5, 0.6) is 0 Å². The maximum Gasteiger partial charge on any atom is 0.270 e. The Morgan fingerprint density at radius 3 is 2.74 bits per heavy atom. The Labute approximate surface area is 113 Å². The molecular formula is C14H20N2O3. The van der Waals surface area contributed by atoms with Crippen molar-refractivity contribution in [1.29, 1.82) is 0 Å². The van der Waals surface area contributed by atoms with E-state index in [1.165, 1.54) is 12.1 Å². The molecule has 0 saturated carbocycles. The van der Waals surface area contributed by atoms with Crippen LogP contribution in [0.1, 0.15) is 37.0 Å². The van der Waals surface area contributed by atoms with E-state index >= 15 is 0 Å². The third-order valence-corrected chi connectivity index (χ3v) is 3.23. The van der Waals surface area contributed by atoms with Crippen LogP contribution >= 0.6 is 0 Å². The van der Waals surface area contributed by atoms with Gasteiger partial charge in [-0.2, -0.15) is 0 Å². The molecule has 0 heterocycles. The van der Waals surface area contributed by atoms with Crippen molar-refractivity contribution >= 4 is 11.5 Å². The second-order valence-corrected chi connectivity index (χ2v) is 4.78. The van der Waals surface area contributed by atoms with E-state index in [1.807, 2.05) is 11.9 Å². The lowest BCUT2D eigenvalue weighted by Gasteiger charge is -2.23. The second kappa shape index (κ2) is 6.99. The molecule has 0 N–H and O–H groups in total. The molecule has 5 nitrogen and oxygen atoms in total. The predicted molar refractivity (Wildman–Crippen MR) is 74.4 cm³/mol. The summed E-state index contributed by atoms with van der Waals surface area (Å²) in [5.74, 6) is -0.0887. The number of likely N-dealkylation sites (N-methyl/N-ethyl adjacent to an activating group) is 1. The molecule has 1 aromatic rings. The molecular weight excluding hydrogens is 244 g/mol. The van der Waals surface area contributed by atoms with E-state index in [-0.39, 0.29) is 18.0 Å². The maximum atomic E-state index is 12.1. The lowest BCUT2D eigenvalue weighted by Crippen LogP contribution is -2.33. The Morgan fingerprint density at radius 2 is 2.16 bits per heavy atom. The first kappa shape index (κ1) is 15.3. The Balaban J connectivity index is 2.73. The summed E-state index contributed by atoms with van der Waals surface area (Å²) in [4.78, 5) is 24.2. The van der Waals surface area contributed by atoms with Gasteiger partial charge in [0.05, 0.1) is 11.5 Å². The quantitative estimate of drug-likeness (QED) is 0.431. The summed E-state index contributed by atoms with van der Waals surface area (Å²) in [7, 11) is 1.90. The highest BCUT2D eigenvalue weighted by molar-refractivity contribution is 5.98. The molecule has 0 spiro atoms. The Bertz CT molecular complexity index is 460. The van der Waals surface area contributed by atoms with Crippen molar-refractivity contribution in [2.75, 3.05) is 13.6 Å². The molecule has 0 radical (unpaired) electrons. The van der Waals surface area contributed by atoms with Crippen LogP contribution in [0.15, 0.2) is 24.3 Å². The first-order valence-corrected chi connectivity index (χ1v) is 6.43. The molecule has 19 heavy (non-hydrogen) atoms. The third kappa shape index (κ3) is 4.44. The molecule has 0 amide bonds. The Kier molecular flexibility index (Phi) is 5.63. The molecule has 0 aliphatic rings. The van der Waals surface area contributed by atoms with Gasteiger partial charge >= 0.3 is 0 Å². The van der Waals surface area contributed by atoms with Gasteiger partial charge in [-0.15, -0.1) is 0 Å². The summed E-state index contributed by atoms with van der Waals surface area (Å²) in [6, 6.07) is 6.21. The first-order chi connectivity index (χ1) is 8.95. The van der Waals surface area contributed by atoms with E-state index in [1.54, 1.807) is 12.1 Å². The zero-order valence-electron chi connectivity index (χ0n) is 11.6. The topological polar surface area (TPSA) is 63.5 Å². The van der Waals surface area contributed by atoms with Crippen LogP contribution < -0.4 is 0 Å². The SMILES string of the molecule is CCCC(C)N(C)CC(=O)c1cccc([N+](=O)[O-])c1. The summed E-state index contributed by atoms with van der Waals surface area (Å²) in [5, 5.41) is 10.7. The fraction of sp³-hybridized carbons (Fsp3) is 0.500. The zero-order valence-corrected chi connectivity index (χ0v) is 11.6. The van der Waals surface area contributed by atoms with Gasteiger partial charge in [0.25, 0.3) is 5.69 Å². The average Bonchev–Trinajstić information content (AvgIpc) is 2.39. The van der Waals surface area contributed by atoms with Crippen molar-refractivity contribution in [3.8, 4) is 0 Å². The fourth-order valence-electron chi connectivity index (χ4n) is 1.90. The number of hydrogen-bond donors (Lipinski definition) is 0. The van der Waals surface area contributed by atoms with Crippen LogP contribution in [0, 0.1) is 10.1 Å². The number of nitro groups is 1. The van der Waals surface area contributed by atoms with Gasteiger partial charge in [-0.05, 0) is 20.4 Å². The maximum absolute atomic E-state index is 12.1. The van der Waals surface area contributed by atoms with E-state index in [9.17, 15) is 14.9 Å². The van der Waals surface area contributed by atoms with Crippen molar-refractivity contribution in [2.45, 2.75) is 32.7 Å². The third-order valence-electron chi connectivity index (χ3n) is 3.23. The highest BCUT2D eigenvalue weighted by atomic mass is 16.6. The number of ketones is 1. The number of carbonyl (C=O) groups is 1. The van der Waals surface area contributed by atoms with Crippen LogP contribution in [0.25, 0.3) is 0 Å². The van der Waals surface area contributed by atoms with Crippen molar-refractivity contribution in [3.05, 3.63) is 39.9 Å². The largest absolute Gasteiger partial charge is 0.296 e. The molecule has 1 atom stereocenters. The van der Waals surface area contributed by atoms with Gasteiger partial charge < -0.3 is 0 Å². The van der Waals surface area contributed by atoms with Crippen LogP contribution in [-0.2, 0) is 0 Å².